The van der Waals surface area contributed by atoms with E-state index in [0.717, 1.165) is 36.4 Å². The van der Waals surface area contributed by atoms with Crippen molar-refractivity contribution in [2.24, 2.45) is 0 Å². The molecule has 4 aromatic carbocycles. The van der Waals surface area contributed by atoms with Crippen molar-refractivity contribution in [1.82, 2.24) is 5.32 Å². The summed E-state index contributed by atoms with van der Waals surface area (Å²) in [6.45, 7) is 1.75. The van der Waals surface area contributed by atoms with E-state index in [1.165, 1.54) is 0 Å². The van der Waals surface area contributed by atoms with Gasteiger partial charge in [-0.25, -0.2) is 13.2 Å². The highest BCUT2D eigenvalue weighted by molar-refractivity contribution is 5.95. The normalized spacial score (nSPS) is 13.3. The number of amides is 1. The fraction of sp³-hybridized carbons (Fsp3) is 0.242. The van der Waals surface area contributed by atoms with Gasteiger partial charge in [0.05, 0.1) is 17.7 Å². The molecule has 4 rings (SSSR count). The van der Waals surface area contributed by atoms with Gasteiger partial charge in [0.1, 0.15) is 17.4 Å². The third-order valence-electron chi connectivity index (χ3n) is 6.93. The lowest BCUT2D eigenvalue weighted by molar-refractivity contribution is -0.253. The maximum absolute atomic E-state index is 15.1. The summed E-state index contributed by atoms with van der Waals surface area (Å²) in [6, 6.07) is 14.3. The number of nitrogens with one attached hydrogen (secondary N) is 1. The maximum Gasteiger partial charge on any atom is 0.461 e. The maximum atomic E-state index is 15.1. The van der Waals surface area contributed by atoms with E-state index in [2.05, 4.69) is 10.1 Å². The third kappa shape index (κ3) is 8.16. The molecule has 1 N–H and O–H groups in total. The summed E-state index contributed by atoms with van der Waals surface area (Å²) >= 11 is 0. The van der Waals surface area contributed by atoms with E-state index in [1.807, 2.05) is 0 Å². The summed E-state index contributed by atoms with van der Waals surface area (Å²) in [6.07, 6.45) is -14.5. The van der Waals surface area contributed by atoms with Crippen LogP contribution in [0.3, 0.4) is 0 Å². The van der Waals surface area contributed by atoms with Crippen molar-refractivity contribution in [2.45, 2.75) is 44.0 Å². The Morgan fingerprint density at radius 3 is 2.13 bits per heavy atom. The van der Waals surface area contributed by atoms with E-state index in [4.69, 9.17) is 4.74 Å². The number of carbonyl (C=O) groups excluding carboxylic acids is 1. The van der Waals surface area contributed by atoms with Gasteiger partial charge in [-0.2, -0.15) is 30.7 Å². The minimum atomic E-state index is -5.20. The van der Waals surface area contributed by atoms with Crippen LogP contribution in [0.4, 0.5) is 43.9 Å². The molecule has 0 unspecified atom stereocenters. The largest absolute Gasteiger partial charge is 0.491 e. The summed E-state index contributed by atoms with van der Waals surface area (Å²) in [5, 5.41) is 2.50. The summed E-state index contributed by atoms with van der Waals surface area (Å²) in [4.78, 5) is 13.7. The average molecular weight is 674 g/mol. The van der Waals surface area contributed by atoms with Crippen LogP contribution >= 0.6 is 0 Å². The van der Waals surface area contributed by atoms with Crippen LogP contribution in [-0.2, 0) is 18.1 Å². The van der Waals surface area contributed by atoms with E-state index in [0.29, 0.717) is 24.1 Å². The summed E-state index contributed by atoms with van der Waals surface area (Å²) < 4.78 is 148. The molecule has 1 amide bonds. The number of rotatable bonds is 12. The number of carbonyl (C=O) groups is 1. The lowest BCUT2D eigenvalue weighted by Crippen LogP contribution is -2.49. The minimum Gasteiger partial charge on any atom is -0.491 e. The Balaban J connectivity index is 2.01. The van der Waals surface area contributed by atoms with Gasteiger partial charge in [0.2, 0.25) is 0 Å². The van der Waals surface area contributed by atoms with Gasteiger partial charge in [-0.1, -0.05) is 43.3 Å². The summed E-state index contributed by atoms with van der Waals surface area (Å²) in [5.41, 5.74) is -4.76. The van der Waals surface area contributed by atoms with Gasteiger partial charge in [-0.15, -0.1) is 0 Å². The fourth-order valence-electron chi connectivity index (χ4n) is 4.77. The van der Waals surface area contributed by atoms with E-state index >= 15 is 4.39 Å². The molecule has 0 fully saturated rings. The minimum absolute atomic E-state index is 0.0227. The zero-order valence-corrected chi connectivity index (χ0v) is 24.3. The lowest BCUT2D eigenvalue weighted by atomic mass is 9.77. The first-order chi connectivity index (χ1) is 22.1. The monoisotopic (exact) mass is 673 g/mol. The Hall–Kier alpha value is -4.75. The second kappa shape index (κ2) is 13.9. The number of benzene rings is 4. The highest BCUT2D eigenvalue weighted by Crippen LogP contribution is 2.40. The highest BCUT2D eigenvalue weighted by atomic mass is 19.4. The van der Waals surface area contributed by atoms with Gasteiger partial charge >= 0.3 is 18.7 Å². The number of hydrogen-bond donors (Lipinski definition) is 1. The average Bonchev–Trinajstić information content (AvgIpc) is 2.99. The van der Waals surface area contributed by atoms with Crippen LogP contribution in [0.15, 0.2) is 84.9 Å². The van der Waals surface area contributed by atoms with E-state index in [-0.39, 0.29) is 30.4 Å². The Labute approximate surface area is 261 Å². The Morgan fingerprint density at radius 1 is 0.809 bits per heavy atom. The van der Waals surface area contributed by atoms with Crippen LogP contribution in [0, 0.1) is 17.5 Å². The topological polar surface area (TPSA) is 47.6 Å². The molecule has 4 aromatic rings. The van der Waals surface area contributed by atoms with E-state index in [1.54, 1.807) is 37.3 Å². The quantitative estimate of drug-likeness (QED) is 0.153. The van der Waals surface area contributed by atoms with Gasteiger partial charge in [0.25, 0.3) is 5.91 Å². The molecule has 0 aliphatic rings. The Kier molecular flexibility index (Phi) is 10.4. The van der Waals surface area contributed by atoms with Gasteiger partial charge in [-0.3, -0.25) is 4.79 Å². The molecule has 0 aliphatic carbocycles. The van der Waals surface area contributed by atoms with Gasteiger partial charge < -0.3 is 14.8 Å². The van der Waals surface area contributed by atoms with Crippen LogP contribution in [0.2, 0.25) is 0 Å². The molecule has 0 aromatic heterocycles. The zero-order valence-electron chi connectivity index (χ0n) is 24.3. The van der Waals surface area contributed by atoms with Gasteiger partial charge in [0.15, 0.2) is 11.6 Å². The first kappa shape index (κ1) is 35.1. The van der Waals surface area contributed by atoms with Crippen LogP contribution in [0.1, 0.15) is 46.0 Å². The lowest BCUT2D eigenvalue weighted by Gasteiger charge is -2.37. The second-order valence-electron chi connectivity index (χ2n) is 10.3. The van der Waals surface area contributed by atoms with Gasteiger partial charge in [-0.05, 0) is 65.6 Å². The molecule has 0 bridgehead atoms. The van der Waals surface area contributed by atoms with Crippen molar-refractivity contribution in [2.75, 3.05) is 6.61 Å². The Bertz CT molecular complexity index is 1710. The molecule has 0 saturated heterocycles. The SMILES string of the molecule is CCCOc1cc([C@@](Cc2ccccc2)(NC(=O)c2ccc(F)c(C(F)(F)F)c2)c2cc(F)cc(OC(F)(F)C(F)F)c2)ccc1F. The van der Waals surface area contributed by atoms with Crippen molar-refractivity contribution in [3.05, 3.63) is 130 Å². The summed E-state index contributed by atoms with van der Waals surface area (Å²) in [5.74, 6) is -6.56. The number of hydrogen-bond acceptors (Lipinski definition) is 3. The predicted octanol–water partition coefficient (Wildman–Crippen LogP) is 9.06. The Morgan fingerprint density at radius 2 is 1.49 bits per heavy atom. The van der Waals surface area contributed by atoms with Crippen molar-refractivity contribution in [3.8, 4) is 11.5 Å². The third-order valence-corrected chi connectivity index (χ3v) is 6.93. The van der Waals surface area contributed by atoms with E-state index < -0.39 is 70.0 Å². The van der Waals surface area contributed by atoms with E-state index in [9.17, 15) is 44.3 Å². The molecule has 47 heavy (non-hydrogen) atoms. The first-order valence-corrected chi connectivity index (χ1v) is 13.9. The number of halogens is 10. The highest BCUT2D eigenvalue weighted by Gasteiger charge is 2.45. The number of ether oxygens (including phenoxy) is 2. The van der Waals surface area contributed by atoms with Crippen LogP contribution in [0.5, 0.6) is 11.5 Å². The van der Waals surface area contributed by atoms with Crippen molar-refractivity contribution < 1.29 is 58.2 Å². The molecule has 0 saturated carbocycles. The molecule has 250 valence electrons. The van der Waals surface area contributed by atoms with Crippen molar-refractivity contribution in [1.29, 1.82) is 0 Å². The van der Waals surface area contributed by atoms with Crippen LogP contribution in [-0.4, -0.2) is 25.0 Å². The molecular weight excluding hydrogens is 648 g/mol. The molecule has 0 heterocycles. The molecular formula is C33H25F10NO3. The number of alkyl halides is 7. The summed E-state index contributed by atoms with van der Waals surface area (Å²) in [7, 11) is 0. The van der Waals surface area contributed by atoms with Crippen molar-refractivity contribution >= 4 is 5.91 Å². The van der Waals surface area contributed by atoms with Crippen LogP contribution < -0.4 is 14.8 Å². The zero-order chi connectivity index (χ0) is 34.6. The molecule has 0 spiro atoms. The molecule has 1 atom stereocenters. The first-order valence-electron chi connectivity index (χ1n) is 13.9. The molecule has 14 heteroatoms. The van der Waals surface area contributed by atoms with Crippen molar-refractivity contribution in [3.63, 3.8) is 0 Å². The molecule has 0 radical (unpaired) electrons. The fourth-order valence-corrected chi connectivity index (χ4v) is 4.77. The standard InChI is InChI=1S/C33H25F10NO3/c1-2-12-46-28-16-21(9-11-27(28)36)31(18-19-6-4-3-5-7-19,22-14-23(34)17-24(15-22)47-33(42,43)30(37)38)44-29(45)20-8-10-26(35)25(13-20)32(39,40)41/h3-11,13-17,30H,2,12,18H2,1H3,(H,44,45)/t31-/m1/s1. The predicted molar refractivity (Wildman–Crippen MR) is 150 cm³/mol. The molecule has 4 nitrogen and oxygen atoms in total. The van der Waals surface area contributed by atoms with Gasteiger partial charge in [0, 0.05) is 18.1 Å². The van der Waals surface area contributed by atoms with Crippen LogP contribution in [0.25, 0.3) is 0 Å². The smallest absolute Gasteiger partial charge is 0.461 e. The molecule has 0 aliphatic heterocycles. The second-order valence-corrected chi connectivity index (χ2v) is 10.3.